The first-order chi connectivity index (χ1) is 8.70. The Bertz CT molecular complexity index is 269. The maximum Gasteiger partial charge on any atom is 0.501 e. The van der Waals surface area contributed by atoms with Crippen LogP contribution in [0.2, 0.25) is 6.04 Å². The molecule has 0 aliphatic carbocycles. The highest BCUT2D eigenvalue weighted by molar-refractivity contribution is 7.96. The summed E-state index contributed by atoms with van der Waals surface area (Å²) in [4.78, 5) is 13.0. The molecule has 3 aliphatic heterocycles. The van der Waals surface area contributed by atoms with Crippen molar-refractivity contribution >= 4 is 26.7 Å². The molecule has 3 rings (SSSR count). The normalized spacial score (nSPS) is 32.4. The summed E-state index contributed by atoms with van der Waals surface area (Å²) in [5.74, 6) is 0. The van der Waals surface area contributed by atoms with Gasteiger partial charge < -0.3 is 18.6 Å². The van der Waals surface area contributed by atoms with Gasteiger partial charge in [-0.1, -0.05) is 12.6 Å². The van der Waals surface area contributed by atoms with E-state index in [2.05, 4.69) is 22.8 Å². The molecule has 0 unspecified atom stereocenters. The second-order valence-electron chi connectivity index (χ2n) is 4.41. The third-order valence-electron chi connectivity index (χ3n) is 3.12. The number of carbonyl (C=O) groups is 1. The zero-order chi connectivity index (χ0) is 12.8. The minimum Gasteiger partial charge on any atom is -0.372 e. The lowest BCUT2D eigenvalue weighted by molar-refractivity contribution is -0.00847. The van der Waals surface area contributed by atoms with Crippen LogP contribution in [0.3, 0.4) is 0 Å². The molecule has 0 atom stereocenters. The molecule has 0 radical (unpaired) electrons. The van der Waals surface area contributed by atoms with Gasteiger partial charge in [0.05, 0.1) is 19.8 Å². The largest absolute Gasteiger partial charge is 0.501 e. The van der Waals surface area contributed by atoms with Crippen molar-refractivity contribution in [2.24, 2.45) is 0 Å². The molecule has 1 amide bonds. The van der Waals surface area contributed by atoms with Gasteiger partial charge in [0.15, 0.2) is 0 Å². The van der Waals surface area contributed by atoms with Gasteiger partial charge in [0.25, 0.3) is 5.24 Å². The summed E-state index contributed by atoms with van der Waals surface area (Å²) in [6, 6.07) is 0.751. The van der Waals surface area contributed by atoms with Gasteiger partial charge in [-0.2, -0.15) is 0 Å². The minimum absolute atomic E-state index is 0.303. The lowest BCUT2D eigenvalue weighted by atomic mass is 10.4. The molecular formula is C10H20N2O4SSi. The standard InChI is InChI=1S/C10H20N2O4SSi/c13-10(17)11-2-1-9-18-14-6-3-12(4-7-15-18)5-8-16-18/h1-9H2,(H2,11,13,17). The molecule has 0 aromatic heterocycles. The topological polar surface area (TPSA) is 60.0 Å². The fourth-order valence-corrected chi connectivity index (χ4v) is 4.78. The van der Waals surface area contributed by atoms with Crippen molar-refractivity contribution in [2.75, 3.05) is 46.0 Å². The highest BCUT2D eigenvalue weighted by Crippen LogP contribution is 2.21. The number of carbonyl (C=O) groups excluding carboxylic acids is 1. The summed E-state index contributed by atoms with van der Waals surface area (Å²) in [6.07, 6.45) is 0.794. The van der Waals surface area contributed by atoms with Crippen LogP contribution in [-0.4, -0.2) is 64.9 Å². The smallest absolute Gasteiger partial charge is 0.372 e. The highest BCUT2D eigenvalue weighted by atomic mass is 32.1. The Kier molecular flexibility index (Phi) is 5.46. The predicted molar refractivity (Wildman–Crippen MR) is 71.9 cm³/mol. The van der Waals surface area contributed by atoms with Crippen molar-refractivity contribution in [1.82, 2.24) is 10.2 Å². The van der Waals surface area contributed by atoms with E-state index < -0.39 is 8.80 Å². The molecule has 104 valence electrons. The quantitative estimate of drug-likeness (QED) is 0.444. The molecule has 6 nitrogen and oxygen atoms in total. The van der Waals surface area contributed by atoms with Gasteiger partial charge in [-0.05, 0) is 6.42 Å². The molecule has 3 fully saturated rings. The molecule has 3 heterocycles. The number of rotatable bonds is 4. The molecular weight excluding hydrogens is 272 g/mol. The highest BCUT2D eigenvalue weighted by Gasteiger charge is 2.43. The van der Waals surface area contributed by atoms with Crippen LogP contribution in [-0.2, 0) is 13.3 Å². The van der Waals surface area contributed by atoms with Gasteiger partial charge in [-0.25, -0.2) is 0 Å². The maximum absolute atomic E-state index is 10.7. The van der Waals surface area contributed by atoms with Crippen LogP contribution in [0.1, 0.15) is 6.42 Å². The maximum atomic E-state index is 10.7. The molecule has 0 aromatic carbocycles. The lowest BCUT2D eigenvalue weighted by Gasteiger charge is -2.38. The Morgan fingerprint density at radius 3 is 2.22 bits per heavy atom. The van der Waals surface area contributed by atoms with Crippen LogP contribution in [0, 0.1) is 0 Å². The molecule has 0 saturated carbocycles. The fraction of sp³-hybridized carbons (Fsp3) is 0.900. The second kappa shape index (κ2) is 6.87. The first-order valence-corrected chi connectivity index (χ1v) is 8.69. The van der Waals surface area contributed by atoms with Crippen LogP contribution in [0.4, 0.5) is 4.79 Å². The first kappa shape index (κ1) is 14.3. The molecule has 3 aliphatic rings. The van der Waals surface area contributed by atoms with E-state index in [-0.39, 0.29) is 5.24 Å². The van der Waals surface area contributed by atoms with Crippen molar-refractivity contribution < 1.29 is 18.1 Å². The first-order valence-electron chi connectivity index (χ1n) is 6.31. The Hall–Kier alpha value is -0.123. The Balaban J connectivity index is 1.83. The van der Waals surface area contributed by atoms with Gasteiger partial charge in [-0.15, -0.1) is 0 Å². The van der Waals surface area contributed by atoms with Crippen LogP contribution in [0.25, 0.3) is 0 Å². The zero-order valence-corrected chi connectivity index (χ0v) is 12.3. The number of nitrogens with zero attached hydrogens (tertiary/aromatic N) is 1. The van der Waals surface area contributed by atoms with E-state index in [1.807, 2.05) is 0 Å². The fourth-order valence-electron chi connectivity index (χ4n) is 2.17. The van der Waals surface area contributed by atoms with E-state index in [4.69, 9.17) is 13.3 Å². The number of hydrogen-bond acceptors (Lipinski definition) is 5. The summed E-state index contributed by atoms with van der Waals surface area (Å²) in [5.41, 5.74) is 0. The molecule has 0 spiro atoms. The van der Waals surface area contributed by atoms with E-state index >= 15 is 0 Å². The van der Waals surface area contributed by atoms with Crippen molar-refractivity contribution in [3.05, 3.63) is 0 Å². The van der Waals surface area contributed by atoms with E-state index in [0.717, 1.165) is 32.1 Å². The Morgan fingerprint density at radius 2 is 1.72 bits per heavy atom. The van der Waals surface area contributed by atoms with Crippen molar-refractivity contribution in [3.8, 4) is 0 Å². The summed E-state index contributed by atoms with van der Waals surface area (Å²) < 4.78 is 17.6. The van der Waals surface area contributed by atoms with Gasteiger partial charge in [0, 0.05) is 32.2 Å². The number of nitrogens with one attached hydrogen (secondary N) is 1. The molecule has 18 heavy (non-hydrogen) atoms. The molecule has 8 heteroatoms. The van der Waals surface area contributed by atoms with Crippen molar-refractivity contribution in [2.45, 2.75) is 12.5 Å². The number of thiol groups is 1. The third-order valence-corrected chi connectivity index (χ3v) is 6.18. The van der Waals surface area contributed by atoms with Crippen LogP contribution < -0.4 is 5.32 Å². The predicted octanol–water partition coefficient (Wildman–Crippen LogP) is 0.334. The minimum atomic E-state index is -2.50. The van der Waals surface area contributed by atoms with Gasteiger partial charge in [0.2, 0.25) is 0 Å². The average Bonchev–Trinajstić information content (AvgIpc) is 2.24. The SMILES string of the molecule is O=C(S)NCCC[Si]12OCCN(CCO1)CCO2. The van der Waals surface area contributed by atoms with Crippen LogP contribution in [0.5, 0.6) is 0 Å². The van der Waals surface area contributed by atoms with E-state index in [9.17, 15) is 4.79 Å². The number of hydrogen-bond donors (Lipinski definition) is 2. The van der Waals surface area contributed by atoms with Crippen LogP contribution in [0.15, 0.2) is 0 Å². The Labute approximate surface area is 114 Å². The van der Waals surface area contributed by atoms with E-state index in [1.165, 1.54) is 0 Å². The third kappa shape index (κ3) is 4.21. The van der Waals surface area contributed by atoms with Crippen molar-refractivity contribution in [3.63, 3.8) is 0 Å². The summed E-state index contributed by atoms with van der Waals surface area (Å²) in [6.45, 7) is 5.46. The van der Waals surface area contributed by atoms with E-state index in [1.54, 1.807) is 0 Å². The zero-order valence-electron chi connectivity index (χ0n) is 10.4. The summed E-state index contributed by atoms with van der Waals surface area (Å²) in [7, 11) is -2.50. The van der Waals surface area contributed by atoms with Crippen molar-refractivity contribution in [1.29, 1.82) is 0 Å². The monoisotopic (exact) mass is 292 g/mol. The van der Waals surface area contributed by atoms with E-state index in [0.29, 0.717) is 26.4 Å². The Morgan fingerprint density at radius 1 is 1.17 bits per heavy atom. The molecule has 1 N–H and O–H groups in total. The van der Waals surface area contributed by atoms with Gasteiger partial charge in [-0.3, -0.25) is 9.69 Å². The summed E-state index contributed by atoms with van der Waals surface area (Å²) >= 11 is 3.66. The van der Waals surface area contributed by atoms with Gasteiger partial charge >= 0.3 is 8.80 Å². The molecule has 3 saturated heterocycles. The second-order valence-corrected chi connectivity index (χ2v) is 7.54. The average molecular weight is 292 g/mol. The molecule has 2 bridgehead atoms. The number of amides is 1. The number of fused-ring (bicyclic) bond motifs is 6. The lowest BCUT2D eigenvalue weighted by Crippen LogP contribution is -2.55. The molecule has 0 aromatic rings. The van der Waals surface area contributed by atoms with Crippen LogP contribution >= 0.6 is 12.6 Å². The van der Waals surface area contributed by atoms with Gasteiger partial charge in [0.1, 0.15) is 0 Å². The summed E-state index contributed by atoms with van der Waals surface area (Å²) in [5, 5.41) is 2.35.